The molecule has 0 aliphatic rings. The van der Waals surface area contributed by atoms with E-state index in [9.17, 15) is 9.59 Å². The van der Waals surface area contributed by atoms with Crippen molar-refractivity contribution in [2.75, 3.05) is 19.5 Å². The third-order valence-corrected chi connectivity index (χ3v) is 3.36. The molecule has 8 heteroatoms. The van der Waals surface area contributed by atoms with Gasteiger partial charge < -0.3 is 14.8 Å². The van der Waals surface area contributed by atoms with Crippen LogP contribution < -0.4 is 20.2 Å². The molecule has 0 unspecified atom stereocenters. The number of benzene rings is 2. The number of carbonyl (C=O) groups excluding carboxylic acids is 2. The highest BCUT2D eigenvalue weighted by Gasteiger charge is 2.15. The van der Waals surface area contributed by atoms with Crippen LogP contribution in [-0.4, -0.2) is 32.2 Å². The predicted octanol–water partition coefficient (Wildman–Crippen LogP) is 2.45. The fourth-order valence-corrected chi connectivity index (χ4v) is 1.97. The Morgan fingerprint density at radius 2 is 1.76 bits per heavy atom. The standard InChI is InChI=1S/C17H16ClN3O4/c1-24-13-7-8-14(15(9-13)25-2)20-16(22)17(23)21-19-10-11-3-5-12(18)6-4-11/h3-10H,1-2H3,(H,20,22)(H,21,23)/b19-10+. The van der Waals surface area contributed by atoms with Crippen LogP contribution in [-0.2, 0) is 9.59 Å². The Balaban J connectivity index is 1.96. The van der Waals surface area contributed by atoms with E-state index in [1.54, 1.807) is 42.5 Å². The molecule has 0 fully saturated rings. The molecule has 0 bridgehead atoms. The minimum atomic E-state index is -0.914. The van der Waals surface area contributed by atoms with E-state index in [1.807, 2.05) is 0 Å². The molecule has 0 heterocycles. The van der Waals surface area contributed by atoms with E-state index >= 15 is 0 Å². The van der Waals surface area contributed by atoms with Gasteiger partial charge in [-0.05, 0) is 29.8 Å². The Hall–Kier alpha value is -3.06. The summed E-state index contributed by atoms with van der Waals surface area (Å²) >= 11 is 5.77. The SMILES string of the molecule is COc1ccc(NC(=O)C(=O)N/N=C/c2ccc(Cl)cc2)c(OC)c1. The Bertz CT molecular complexity index is 791. The molecule has 2 aromatic carbocycles. The number of amides is 2. The molecule has 2 amide bonds. The lowest BCUT2D eigenvalue weighted by Gasteiger charge is -2.10. The van der Waals surface area contributed by atoms with Crippen molar-refractivity contribution >= 4 is 35.3 Å². The first kappa shape index (κ1) is 18.3. The van der Waals surface area contributed by atoms with Gasteiger partial charge in [0.1, 0.15) is 11.5 Å². The second kappa shape index (κ2) is 8.70. The van der Waals surface area contributed by atoms with Crippen molar-refractivity contribution in [1.82, 2.24) is 5.43 Å². The number of anilines is 1. The predicted molar refractivity (Wildman–Crippen MR) is 95.4 cm³/mol. The van der Waals surface area contributed by atoms with E-state index in [-0.39, 0.29) is 0 Å². The van der Waals surface area contributed by atoms with Gasteiger partial charge in [-0.1, -0.05) is 23.7 Å². The van der Waals surface area contributed by atoms with Crippen molar-refractivity contribution < 1.29 is 19.1 Å². The molecule has 0 aliphatic heterocycles. The normalized spacial score (nSPS) is 10.4. The van der Waals surface area contributed by atoms with E-state index in [4.69, 9.17) is 21.1 Å². The van der Waals surface area contributed by atoms with Crippen LogP contribution in [0.4, 0.5) is 5.69 Å². The van der Waals surface area contributed by atoms with Crippen LogP contribution in [0.1, 0.15) is 5.56 Å². The fraction of sp³-hybridized carbons (Fsp3) is 0.118. The van der Waals surface area contributed by atoms with Crippen LogP contribution in [0.2, 0.25) is 5.02 Å². The number of halogens is 1. The molecule has 25 heavy (non-hydrogen) atoms. The van der Waals surface area contributed by atoms with Gasteiger partial charge in [-0.25, -0.2) is 5.43 Å². The molecule has 2 aromatic rings. The Morgan fingerprint density at radius 3 is 2.40 bits per heavy atom. The summed E-state index contributed by atoms with van der Waals surface area (Å²) in [6.45, 7) is 0. The van der Waals surface area contributed by atoms with Gasteiger partial charge in [-0.15, -0.1) is 0 Å². The first-order valence-electron chi connectivity index (χ1n) is 7.15. The van der Waals surface area contributed by atoms with Gasteiger partial charge >= 0.3 is 11.8 Å². The first-order valence-corrected chi connectivity index (χ1v) is 7.53. The van der Waals surface area contributed by atoms with Crippen LogP contribution in [0.25, 0.3) is 0 Å². The second-order valence-electron chi connectivity index (χ2n) is 4.77. The second-order valence-corrected chi connectivity index (χ2v) is 5.21. The summed E-state index contributed by atoms with van der Waals surface area (Å²) < 4.78 is 10.2. The number of hydrazone groups is 1. The van der Waals surface area contributed by atoms with Gasteiger partial charge in [-0.2, -0.15) is 5.10 Å². The number of hydrogen-bond acceptors (Lipinski definition) is 5. The zero-order chi connectivity index (χ0) is 18.2. The minimum absolute atomic E-state index is 0.338. The molecule has 2 N–H and O–H groups in total. The average Bonchev–Trinajstić information content (AvgIpc) is 2.63. The summed E-state index contributed by atoms with van der Waals surface area (Å²) in [4.78, 5) is 23.7. The molecule has 0 saturated heterocycles. The number of hydrogen-bond donors (Lipinski definition) is 2. The summed E-state index contributed by atoms with van der Waals surface area (Å²) in [7, 11) is 2.96. The maximum atomic E-state index is 11.9. The van der Waals surface area contributed by atoms with Crippen molar-refractivity contribution in [3.05, 3.63) is 53.1 Å². The topological polar surface area (TPSA) is 89.0 Å². The zero-order valence-electron chi connectivity index (χ0n) is 13.6. The number of carbonyl (C=O) groups is 2. The Labute approximate surface area is 149 Å². The minimum Gasteiger partial charge on any atom is -0.497 e. The monoisotopic (exact) mass is 361 g/mol. The molecule has 0 aliphatic carbocycles. The van der Waals surface area contributed by atoms with Crippen LogP contribution in [0, 0.1) is 0 Å². The van der Waals surface area contributed by atoms with Crippen molar-refractivity contribution in [3.8, 4) is 11.5 Å². The number of ether oxygens (including phenoxy) is 2. The molecular weight excluding hydrogens is 346 g/mol. The summed E-state index contributed by atoms with van der Waals surface area (Å²) in [5.41, 5.74) is 3.21. The molecule has 0 spiro atoms. The summed E-state index contributed by atoms with van der Waals surface area (Å²) in [5.74, 6) is -0.864. The lowest BCUT2D eigenvalue weighted by Crippen LogP contribution is -2.32. The summed E-state index contributed by atoms with van der Waals surface area (Å²) in [6.07, 6.45) is 1.40. The van der Waals surface area contributed by atoms with Crippen LogP contribution in [0.3, 0.4) is 0 Å². The van der Waals surface area contributed by atoms with Gasteiger partial charge in [0.15, 0.2) is 0 Å². The molecule has 130 valence electrons. The maximum Gasteiger partial charge on any atom is 0.329 e. The zero-order valence-corrected chi connectivity index (χ0v) is 14.3. The van der Waals surface area contributed by atoms with E-state index in [2.05, 4.69) is 15.8 Å². The first-order chi connectivity index (χ1) is 12.0. The maximum absolute atomic E-state index is 11.9. The van der Waals surface area contributed by atoms with Crippen LogP contribution in [0.5, 0.6) is 11.5 Å². The van der Waals surface area contributed by atoms with E-state index in [1.165, 1.54) is 20.4 Å². The molecular formula is C17H16ClN3O4. The van der Waals surface area contributed by atoms with E-state index in [0.717, 1.165) is 5.56 Å². The van der Waals surface area contributed by atoms with E-state index in [0.29, 0.717) is 22.2 Å². The number of rotatable bonds is 5. The average molecular weight is 362 g/mol. The molecule has 0 radical (unpaired) electrons. The van der Waals surface area contributed by atoms with Crippen molar-refractivity contribution in [2.45, 2.75) is 0 Å². The van der Waals surface area contributed by atoms with Crippen LogP contribution >= 0.6 is 11.6 Å². The molecule has 2 rings (SSSR count). The summed E-state index contributed by atoms with van der Waals surface area (Å²) in [6, 6.07) is 11.6. The molecule has 0 atom stereocenters. The Morgan fingerprint density at radius 1 is 1.04 bits per heavy atom. The van der Waals surface area contributed by atoms with Gasteiger partial charge in [0.2, 0.25) is 0 Å². The highest BCUT2D eigenvalue weighted by molar-refractivity contribution is 6.39. The lowest BCUT2D eigenvalue weighted by molar-refractivity contribution is -0.136. The third-order valence-electron chi connectivity index (χ3n) is 3.11. The van der Waals surface area contributed by atoms with Gasteiger partial charge in [-0.3, -0.25) is 9.59 Å². The highest BCUT2D eigenvalue weighted by atomic mass is 35.5. The third kappa shape index (κ3) is 5.22. The fourth-order valence-electron chi connectivity index (χ4n) is 1.85. The van der Waals surface area contributed by atoms with Crippen molar-refractivity contribution in [2.24, 2.45) is 5.10 Å². The van der Waals surface area contributed by atoms with Crippen molar-refractivity contribution in [1.29, 1.82) is 0 Å². The van der Waals surface area contributed by atoms with Gasteiger partial charge in [0, 0.05) is 11.1 Å². The smallest absolute Gasteiger partial charge is 0.329 e. The van der Waals surface area contributed by atoms with Crippen LogP contribution in [0.15, 0.2) is 47.6 Å². The van der Waals surface area contributed by atoms with Gasteiger partial charge in [0.05, 0.1) is 26.1 Å². The quantitative estimate of drug-likeness (QED) is 0.486. The molecule has 0 saturated carbocycles. The summed E-state index contributed by atoms with van der Waals surface area (Å²) in [5, 5.41) is 6.76. The molecule has 7 nitrogen and oxygen atoms in total. The largest absolute Gasteiger partial charge is 0.497 e. The number of nitrogens with zero attached hydrogens (tertiary/aromatic N) is 1. The Kier molecular flexibility index (Phi) is 6.36. The highest BCUT2D eigenvalue weighted by Crippen LogP contribution is 2.28. The number of methoxy groups -OCH3 is 2. The van der Waals surface area contributed by atoms with Gasteiger partial charge in [0.25, 0.3) is 0 Å². The lowest BCUT2D eigenvalue weighted by atomic mass is 10.2. The molecule has 0 aromatic heterocycles. The number of nitrogens with one attached hydrogen (secondary N) is 2. The van der Waals surface area contributed by atoms with Crippen molar-refractivity contribution in [3.63, 3.8) is 0 Å². The van der Waals surface area contributed by atoms with E-state index < -0.39 is 11.8 Å².